The van der Waals surface area contributed by atoms with Crippen molar-refractivity contribution in [3.8, 4) is 17.2 Å². The predicted molar refractivity (Wildman–Crippen MR) is 91.2 cm³/mol. The smallest absolute Gasteiger partial charge is 0.344 e. The Morgan fingerprint density at radius 1 is 1.04 bits per heavy atom. The molecule has 2 rings (SSSR count). The van der Waals surface area contributed by atoms with Crippen molar-refractivity contribution in [2.45, 2.75) is 18.9 Å². The summed E-state index contributed by atoms with van der Waals surface area (Å²) >= 11 is 5.80. The Morgan fingerprint density at radius 2 is 1.62 bits per heavy atom. The zero-order valence-electron chi connectivity index (χ0n) is 13.3. The van der Waals surface area contributed by atoms with Gasteiger partial charge in [0, 0.05) is 5.02 Å². The standard InChI is InChI=1S/C18H19ClO5/c1-22-14-8-10-16(11-9-14)24-17(18(20)21)3-2-12-23-15-6-4-13(19)5-7-15/h4-11,17H,2-3,12H2,1H3,(H,20,21). The molecule has 5 nitrogen and oxygen atoms in total. The molecule has 0 spiro atoms. The van der Waals surface area contributed by atoms with Gasteiger partial charge in [-0.15, -0.1) is 0 Å². The Labute approximate surface area is 145 Å². The van der Waals surface area contributed by atoms with E-state index >= 15 is 0 Å². The average Bonchev–Trinajstić information content (AvgIpc) is 2.59. The summed E-state index contributed by atoms with van der Waals surface area (Å²) in [6, 6.07) is 13.8. The summed E-state index contributed by atoms with van der Waals surface area (Å²) in [6.07, 6.45) is -0.0303. The maximum Gasteiger partial charge on any atom is 0.344 e. The second-order valence-corrected chi connectivity index (χ2v) is 5.50. The van der Waals surface area contributed by atoms with E-state index in [-0.39, 0.29) is 0 Å². The number of carboxylic acid groups (broad SMARTS) is 1. The molecule has 128 valence electrons. The third-order valence-electron chi connectivity index (χ3n) is 3.31. The molecule has 2 aromatic carbocycles. The number of hydrogen-bond acceptors (Lipinski definition) is 4. The quantitative estimate of drug-likeness (QED) is 0.691. The van der Waals surface area contributed by atoms with Gasteiger partial charge in [-0.2, -0.15) is 0 Å². The number of benzene rings is 2. The average molecular weight is 351 g/mol. The predicted octanol–water partition coefficient (Wildman–Crippen LogP) is 4.04. The van der Waals surface area contributed by atoms with Gasteiger partial charge in [-0.3, -0.25) is 0 Å². The van der Waals surface area contributed by atoms with Crippen LogP contribution in [0.3, 0.4) is 0 Å². The molecule has 0 heterocycles. The third kappa shape index (κ3) is 5.66. The molecule has 0 aliphatic heterocycles. The van der Waals surface area contributed by atoms with Gasteiger partial charge in [0.25, 0.3) is 0 Å². The maximum absolute atomic E-state index is 11.3. The van der Waals surface area contributed by atoms with Crippen molar-refractivity contribution in [2.24, 2.45) is 0 Å². The summed E-state index contributed by atoms with van der Waals surface area (Å²) in [6.45, 7) is 0.400. The fraction of sp³-hybridized carbons (Fsp3) is 0.278. The first-order valence-electron chi connectivity index (χ1n) is 7.50. The number of carbonyl (C=O) groups is 1. The van der Waals surface area contributed by atoms with Gasteiger partial charge in [-0.1, -0.05) is 11.6 Å². The summed E-state index contributed by atoms with van der Waals surface area (Å²) in [5.74, 6) is 0.868. The largest absolute Gasteiger partial charge is 0.497 e. The molecule has 0 saturated heterocycles. The van der Waals surface area contributed by atoms with Crippen LogP contribution in [0.2, 0.25) is 5.02 Å². The Balaban J connectivity index is 1.80. The van der Waals surface area contributed by atoms with E-state index in [1.54, 1.807) is 55.6 Å². The molecule has 0 saturated carbocycles. The fourth-order valence-electron chi connectivity index (χ4n) is 2.04. The summed E-state index contributed by atoms with van der Waals surface area (Å²) in [5.41, 5.74) is 0. The number of rotatable bonds is 9. The molecule has 1 N–H and O–H groups in total. The number of hydrogen-bond donors (Lipinski definition) is 1. The number of aliphatic carboxylic acids is 1. The van der Waals surface area contributed by atoms with Crippen LogP contribution in [0.4, 0.5) is 0 Å². The molecule has 1 atom stereocenters. The summed E-state index contributed by atoms with van der Waals surface area (Å²) in [4.78, 5) is 11.3. The monoisotopic (exact) mass is 350 g/mol. The highest BCUT2D eigenvalue weighted by atomic mass is 35.5. The van der Waals surface area contributed by atoms with Crippen molar-refractivity contribution in [2.75, 3.05) is 13.7 Å². The van der Waals surface area contributed by atoms with Crippen molar-refractivity contribution in [3.63, 3.8) is 0 Å². The van der Waals surface area contributed by atoms with E-state index in [9.17, 15) is 9.90 Å². The molecule has 0 bridgehead atoms. The van der Waals surface area contributed by atoms with Gasteiger partial charge in [0.2, 0.25) is 0 Å². The Hall–Kier alpha value is -2.40. The molecule has 1 unspecified atom stereocenters. The SMILES string of the molecule is COc1ccc(OC(CCCOc2ccc(Cl)cc2)C(=O)O)cc1. The lowest BCUT2D eigenvalue weighted by atomic mass is 10.2. The van der Waals surface area contributed by atoms with Crippen molar-refractivity contribution in [1.29, 1.82) is 0 Å². The van der Waals surface area contributed by atoms with Crippen LogP contribution in [0.25, 0.3) is 0 Å². The van der Waals surface area contributed by atoms with Gasteiger partial charge in [-0.05, 0) is 61.4 Å². The maximum atomic E-state index is 11.3. The second-order valence-electron chi connectivity index (χ2n) is 5.06. The summed E-state index contributed by atoms with van der Waals surface area (Å²) in [5, 5.41) is 9.92. The van der Waals surface area contributed by atoms with E-state index in [1.165, 1.54) is 0 Å². The summed E-state index contributed by atoms with van der Waals surface area (Å²) in [7, 11) is 1.57. The van der Waals surface area contributed by atoms with Crippen LogP contribution < -0.4 is 14.2 Å². The molecule has 0 aliphatic rings. The first-order valence-corrected chi connectivity index (χ1v) is 7.88. The van der Waals surface area contributed by atoms with Crippen LogP contribution >= 0.6 is 11.6 Å². The molecular formula is C18H19ClO5. The van der Waals surface area contributed by atoms with E-state index in [0.29, 0.717) is 41.7 Å². The van der Waals surface area contributed by atoms with Crippen molar-refractivity contribution < 1.29 is 24.1 Å². The molecule has 6 heteroatoms. The van der Waals surface area contributed by atoms with E-state index in [2.05, 4.69) is 0 Å². The Bertz CT molecular complexity index is 639. The van der Waals surface area contributed by atoms with Gasteiger partial charge < -0.3 is 19.3 Å². The van der Waals surface area contributed by atoms with Crippen LogP contribution in [0, 0.1) is 0 Å². The van der Waals surface area contributed by atoms with E-state index < -0.39 is 12.1 Å². The van der Waals surface area contributed by atoms with Crippen LogP contribution in [0.5, 0.6) is 17.2 Å². The first kappa shape index (κ1) is 17.9. The molecular weight excluding hydrogens is 332 g/mol. The second kappa shape index (κ2) is 9.03. The molecule has 0 radical (unpaired) electrons. The minimum absolute atomic E-state index is 0.342. The topological polar surface area (TPSA) is 65.0 Å². The molecule has 0 fully saturated rings. The third-order valence-corrected chi connectivity index (χ3v) is 3.56. The fourth-order valence-corrected chi connectivity index (χ4v) is 2.17. The number of ether oxygens (including phenoxy) is 3. The van der Waals surface area contributed by atoms with Crippen LogP contribution in [-0.4, -0.2) is 30.9 Å². The van der Waals surface area contributed by atoms with E-state index in [4.69, 9.17) is 25.8 Å². The molecule has 0 aromatic heterocycles. The van der Waals surface area contributed by atoms with Crippen molar-refractivity contribution in [3.05, 3.63) is 53.6 Å². The minimum Gasteiger partial charge on any atom is -0.497 e. The van der Waals surface area contributed by atoms with Gasteiger partial charge in [0.1, 0.15) is 17.2 Å². The molecule has 0 amide bonds. The van der Waals surface area contributed by atoms with Gasteiger partial charge in [-0.25, -0.2) is 4.79 Å². The first-order chi connectivity index (χ1) is 11.6. The highest BCUT2D eigenvalue weighted by Crippen LogP contribution is 2.20. The molecule has 2 aromatic rings. The highest BCUT2D eigenvalue weighted by molar-refractivity contribution is 6.30. The summed E-state index contributed by atoms with van der Waals surface area (Å²) < 4.78 is 16.1. The lowest BCUT2D eigenvalue weighted by molar-refractivity contribution is -0.145. The van der Waals surface area contributed by atoms with Crippen LogP contribution in [0.15, 0.2) is 48.5 Å². The minimum atomic E-state index is -1.00. The van der Waals surface area contributed by atoms with E-state index in [0.717, 1.165) is 0 Å². The Kier molecular flexibility index (Phi) is 6.75. The van der Waals surface area contributed by atoms with Crippen LogP contribution in [-0.2, 0) is 4.79 Å². The Morgan fingerprint density at radius 3 is 2.21 bits per heavy atom. The van der Waals surface area contributed by atoms with Crippen LogP contribution in [0.1, 0.15) is 12.8 Å². The number of halogens is 1. The zero-order chi connectivity index (χ0) is 17.4. The van der Waals surface area contributed by atoms with Gasteiger partial charge in [0.05, 0.1) is 13.7 Å². The van der Waals surface area contributed by atoms with Crippen molar-refractivity contribution in [1.82, 2.24) is 0 Å². The van der Waals surface area contributed by atoms with Gasteiger partial charge in [0.15, 0.2) is 6.10 Å². The van der Waals surface area contributed by atoms with Crippen molar-refractivity contribution >= 4 is 17.6 Å². The molecule has 24 heavy (non-hydrogen) atoms. The zero-order valence-corrected chi connectivity index (χ0v) is 14.0. The number of methoxy groups -OCH3 is 1. The lowest BCUT2D eigenvalue weighted by Gasteiger charge is -2.15. The van der Waals surface area contributed by atoms with E-state index in [1.807, 2.05) is 0 Å². The normalized spacial score (nSPS) is 11.6. The highest BCUT2D eigenvalue weighted by Gasteiger charge is 2.19. The number of carboxylic acids is 1. The van der Waals surface area contributed by atoms with Gasteiger partial charge >= 0.3 is 5.97 Å². The lowest BCUT2D eigenvalue weighted by Crippen LogP contribution is -2.27. The molecule has 0 aliphatic carbocycles.